The third kappa shape index (κ3) is 3.28. The number of carbonyl (C=O) groups is 1. The molecule has 33 heavy (non-hydrogen) atoms. The van der Waals surface area contributed by atoms with Crippen LogP contribution in [0.15, 0.2) is 30.5 Å². The lowest BCUT2D eigenvalue weighted by Crippen LogP contribution is -2.52. The van der Waals surface area contributed by atoms with Crippen LogP contribution in [0, 0.1) is 0 Å². The van der Waals surface area contributed by atoms with Gasteiger partial charge in [-0.2, -0.15) is 0 Å². The highest BCUT2D eigenvalue weighted by molar-refractivity contribution is 5.94. The quantitative estimate of drug-likeness (QED) is 0.674. The molecule has 1 spiro atoms. The van der Waals surface area contributed by atoms with Crippen LogP contribution < -0.4 is 25.6 Å². The van der Waals surface area contributed by atoms with E-state index in [4.69, 9.17) is 4.74 Å². The summed E-state index contributed by atoms with van der Waals surface area (Å²) in [6.07, 6.45) is 8.57. The molecule has 4 aliphatic heterocycles. The number of pyridine rings is 1. The van der Waals surface area contributed by atoms with Crippen LogP contribution in [0.5, 0.6) is 5.75 Å². The molecule has 5 heterocycles. The molecule has 0 radical (unpaired) electrons. The lowest BCUT2D eigenvalue weighted by atomic mass is 9.89. The summed E-state index contributed by atoms with van der Waals surface area (Å²) in [5.74, 6) is 1.87. The van der Waals surface area contributed by atoms with Gasteiger partial charge in [-0.05, 0) is 56.2 Å². The van der Waals surface area contributed by atoms with Crippen molar-refractivity contribution in [2.45, 2.75) is 62.1 Å². The molecule has 1 aliphatic carbocycles. The molecule has 2 aromatic rings. The van der Waals surface area contributed by atoms with Crippen LogP contribution in [0.2, 0.25) is 0 Å². The Morgan fingerprint density at radius 3 is 2.82 bits per heavy atom. The lowest BCUT2D eigenvalue weighted by molar-refractivity contribution is 0.0915. The number of fused-ring (bicyclic) bond motifs is 5. The second-order valence-corrected chi connectivity index (χ2v) is 10.5. The summed E-state index contributed by atoms with van der Waals surface area (Å²) in [6.45, 7) is 3.61. The molecule has 2 saturated heterocycles. The van der Waals surface area contributed by atoms with E-state index in [0.29, 0.717) is 24.3 Å². The number of ether oxygens (including phenoxy) is 1. The fourth-order valence-corrected chi connectivity index (χ4v) is 6.44. The second-order valence-electron chi connectivity index (χ2n) is 10.5. The highest BCUT2D eigenvalue weighted by Crippen LogP contribution is 2.54. The fourth-order valence-electron chi connectivity index (χ4n) is 6.44. The van der Waals surface area contributed by atoms with Crippen molar-refractivity contribution in [1.29, 1.82) is 0 Å². The minimum atomic E-state index is -0.0577. The van der Waals surface area contributed by atoms with Gasteiger partial charge in [0.15, 0.2) is 0 Å². The molecule has 3 fully saturated rings. The number of hydrogen-bond donors (Lipinski definition) is 3. The van der Waals surface area contributed by atoms with Crippen LogP contribution in [0.25, 0.3) is 0 Å². The standard InChI is InChI=1S/C26H31N5O2/c32-25(17-10-22-24(29-12-17)28-8-7-26(22)5-6-26)30-18-9-16-1-2-19(11-23(16)33-15-18)31-20-3-4-21(31)14-27-13-20/h1-2,10-12,18,20-21,27H,3-9,13-15H2,(H,28,29)(H,30,32)/t18-,20?,21?/m1/s1. The average Bonchev–Trinajstić information content (AvgIpc) is 3.57. The maximum Gasteiger partial charge on any atom is 0.253 e. The number of anilines is 2. The minimum absolute atomic E-state index is 0.0322. The summed E-state index contributed by atoms with van der Waals surface area (Å²) in [5, 5.41) is 10.1. The third-order valence-corrected chi connectivity index (χ3v) is 8.44. The zero-order valence-corrected chi connectivity index (χ0v) is 18.9. The Labute approximate surface area is 194 Å². The van der Waals surface area contributed by atoms with E-state index in [-0.39, 0.29) is 17.4 Å². The van der Waals surface area contributed by atoms with Gasteiger partial charge in [-0.15, -0.1) is 0 Å². The van der Waals surface area contributed by atoms with E-state index >= 15 is 0 Å². The Morgan fingerprint density at radius 1 is 1.15 bits per heavy atom. The highest BCUT2D eigenvalue weighted by atomic mass is 16.5. The van der Waals surface area contributed by atoms with Gasteiger partial charge in [0, 0.05) is 60.6 Å². The van der Waals surface area contributed by atoms with Gasteiger partial charge in [0.2, 0.25) is 0 Å². The zero-order chi connectivity index (χ0) is 22.0. The smallest absolute Gasteiger partial charge is 0.253 e. The maximum absolute atomic E-state index is 13.0. The largest absolute Gasteiger partial charge is 0.491 e. The molecule has 3 N–H and O–H groups in total. The van der Waals surface area contributed by atoms with Crippen molar-refractivity contribution >= 4 is 17.4 Å². The van der Waals surface area contributed by atoms with Crippen molar-refractivity contribution < 1.29 is 9.53 Å². The van der Waals surface area contributed by atoms with E-state index in [1.165, 1.54) is 42.5 Å². The molecule has 2 unspecified atom stereocenters. The normalized spacial score (nSPS) is 28.4. The van der Waals surface area contributed by atoms with Gasteiger partial charge in [-0.25, -0.2) is 4.98 Å². The Bertz CT molecular complexity index is 1100. The molecule has 2 bridgehead atoms. The molecule has 3 atom stereocenters. The van der Waals surface area contributed by atoms with E-state index in [1.807, 2.05) is 0 Å². The van der Waals surface area contributed by atoms with Crippen LogP contribution in [0.1, 0.15) is 53.6 Å². The van der Waals surface area contributed by atoms with Gasteiger partial charge in [0.05, 0.1) is 11.6 Å². The summed E-state index contributed by atoms with van der Waals surface area (Å²) in [6, 6.07) is 9.84. The molecule has 172 valence electrons. The van der Waals surface area contributed by atoms with Crippen LogP contribution in [0.4, 0.5) is 11.5 Å². The highest BCUT2D eigenvalue weighted by Gasteiger charge is 2.47. The summed E-state index contributed by atoms with van der Waals surface area (Å²) in [7, 11) is 0. The minimum Gasteiger partial charge on any atom is -0.491 e. The van der Waals surface area contributed by atoms with E-state index in [0.717, 1.165) is 44.0 Å². The van der Waals surface area contributed by atoms with Gasteiger partial charge in [0.25, 0.3) is 5.91 Å². The SMILES string of the molecule is O=C(N[C@H]1COc2cc(N3C4CCC3CNC4)ccc2C1)c1cnc2c(c1)C1(CCN2)CC1. The number of amides is 1. The van der Waals surface area contributed by atoms with Gasteiger partial charge in [-0.1, -0.05) is 6.07 Å². The molecule has 1 amide bonds. The van der Waals surface area contributed by atoms with Crippen molar-refractivity contribution in [2.24, 2.45) is 0 Å². The fraction of sp³-hybridized carbons (Fsp3) is 0.538. The Balaban J connectivity index is 1.05. The van der Waals surface area contributed by atoms with E-state index < -0.39 is 0 Å². The van der Waals surface area contributed by atoms with Gasteiger partial charge < -0.3 is 25.6 Å². The van der Waals surface area contributed by atoms with Crippen molar-refractivity contribution in [2.75, 3.05) is 36.5 Å². The number of aromatic nitrogens is 1. The zero-order valence-electron chi connectivity index (χ0n) is 18.9. The number of benzene rings is 1. The number of piperazine rings is 1. The van der Waals surface area contributed by atoms with Gasteiger partial charge in [-0.3, -0.25) is 4.79 Å². The first kappa shape index (κ1) is 19.6. The predicted molar refractivity (Wildman–Crippen MR) is 127 cm³/mol. The summed E-state index contributed by atoms with van der Waals surface area (Å²) < 4.78 is 6.15. The number of rotatable bonds is 3. The number of carbonyl (C=O) groups excluding carboxylic acids is 1. The van der Waals surface area contributed by atoms with Crippen LogP contribution >= 0.6 is 0 Å². The first-order valence-corrected chi connectivity index (χ1v) is 12.5. The Hall–Kier alpha value is -2.80. The number of hydrogen-bond acceptors (Lipinski definition) is 6. The molecule has 1 saturated carbocycles. The average molecular weight is 446 g/mol. The molecule has 7 nitrogen and oxygen atoms in total. The predicted octanol–water partition coefficient (Wildman–Crippen LogP) is 2.60. The summed E-state index contributed by atoms with van der Waals surface area (Å²) >= 11 is 0. The summed E-state index contributed by atoms with van der Waals surface area (Å²) in [4.78, 5) is 20.2. The molecule has 7 rings (SSSR count). The van der Waals surface area contributed by atoms with E-state index in [9.17, 15) is 4.79 Å². The van der Waals surface area contributed by atoms with Crippen LogP contribution in [-0.4, -0.2) is 55.3 Å². The first-order chi connectivity index (χ1) is 16.2. The molecule has 1 aromatic carbocycles. The molecular weight excluding hydrogens is 414 g/mol. The summed E-state index contributed by atoms with van der Waals surface area (Å²) in [5.41, 5.74) is 4.58. The topological polar surface area (TPSA) is 78.5 Å². The lowest BCUT2D eigenvalue weighted by Gasteiger charge is -2.38. The van der Waals surface area contributed by atoms with Crippen molar-refractivity contribution in [3.05, 3.63) is 47.2 Å². The van der Waals surface area contributed by atoms with Gasteiger partial charge >= 0.3 is 0 Å². The number of nitrogens with zero attached hydrogens (tertiary/aromatic N) is 2. The van der Waals surface area contributed by atoms with E-state index in [2.05, 4.69) is 50.1 Å². The monoisotopic (exact) mass is 445 g/mol. The molecule has 1 aromatic heterocycles. The third-order valence-electron chi connectivity index (χ3n) is 8.44. The molecular formula is C26H31N5O2. The maximum atomic E-state index is 13.0. The van der Waals surface area contributed by atoms with Crippen molar-refractivity contribution in [3.63, 3.8) is 0 Å². The Morgan fingerprint density at radius 2 is 2.00 bits per heavy atom. The molecule has 7 heteroatoms. The van der Waals surface area contributed by atoms with Crippen molar-refractivity contribution in [1.82, 2.24) is 15.6 Å². The van der Waals surface area contributed by atoms with Crippen molar-refractivity contribution in [3.8, 4) is 5.75 Å². The van der Waals surface area contributed by atoms with Crippen LogP contribution in [0.3, 0.4) is 0 Å². The second kappa shape index (κ2) is 7.35. The van der Waals surface area contributed by atoms with E-state index in [1.54, 1.807) is 6.20 Å². The van der Waals surface area contributed by atoms with Gasteiger partial charge in [0.1, 0.15) is 18.2 Å². The van der Waals surface area contributed by atoms with Crippen LogP contribution in [-0.2, 0) is 11.8 Å². The molecule has 5 aliphatic rings. The Kier molecular flexibility index (Phi) is 4.38. The number of nitrogens with one attached hydrogen (secondary N) is 3. The first-order valence-electron chi connectivity index (χ1n) is 12.5.